The molecule has 0 saturated heterocycles. The first-order valence-corrected chi connectivity index (χ1v) is 7.37. The van der Waals surface area contributed by atoms with Gasteiger partial charge < -0.3 is 5.73 Å². The zero-order valence-corrected chi connectivity index (χ0v) is 13.0. The number of hydrogen-bond acceptors (Lipinski definition) is 1. The van der Waals surface area contributed by atoms with Crippen LogP contribution in [0.25, 0.3) is 0 Å². The Kier molecular flexibility index (Phi) is 4.29. The monoisotopic (exact) mass is 267 g/mol. The van der Waals surface area contributed by atoms with Gasteiger partial charge in [-0.25, -0.2) is 0 Å². The summed E-state index contributed by atoms with van der Waals surface area (Å²) in [6.07, 6.45) is 1.04. The maximum atomic E-state index is 6.54. The van der Waals surface area contributed by atoms with E-state index in [1.165, 1.54) is 22.3 Å². The fourth-order valence-electron chi connectivity index (χ4n) is 2.64. The molecular weight excluding hydrogens is 242 g/mol. The van der Waals surface area contributed by atoms with Gasteiger partial charge in [-0.3, -0.25) is 0 Å². The van der Waals surface area contributed by atoms with E-state index in [0.29, 0.717) is 0 Å². The summed E-state index contributed by atoms with van der Waals surface area (Å²) in [5.74, 6) is 0. The predicted octanol–water partition coefficient (Wildman–Crippen LogP) is 4.59. The molecule has 2 N–H and O–H groups in total. The Bertz CT molecular complexity index is 578. The van der Waals surface area contributed by atoms with Crippen molar-refractivity contribution in [3.63, 3.8) is 0 Å². The molecule has 0 saturated carbocycles. The van der Waals surface area contributed by atoms with Crippen molar-refractivity contribution in [1.82, 2.24) is 0 Å². The lowest BCUT2D eigenvalue weighted by molar-refractivity contribution is 0.578. The highest BCUT2D eigenvalue weighted by molar-refractivity contribution is 5.41. The van der Waals surface area contributed by atoms with Gasteiger partial charge in [0, 0.05) is 0 Å². The van der Waals surface area contributed by atoms with Crippen LogP contribution in [0.1, 0.15) is 56.0 Å². The zero-order chi connectivity index (χ0) is 14.8. The van der Waals surface area contributed by atoms with Gasteiger partial charge in [0.25, 0.3) is 0 Å². The normalized spacial score (nSPS) is 13.2. The Morgan fingerprint density at radius 1 is 1.00 bits per heavy atom. The summed E-state index contributed by atoms with van der Waals surface area (Å²) in [4.78, 5) is 0. The molecule has 1 atom stereocenters. The van der Waals surface area contributed by atoms with Gasteiger partial charge in [0.2, 0.25) is 0 Å². The van der Waals surface area contributed by atoms with E-state index in [1.54, 1.807) is 0 Å². The van der Waals surface area contributed by atoms with Crippen molar-refractivity contribution < 1.29 is 0 Å². The second-order valence-electron chi connectivity index (χ2n) is 6.41. The molecule has 0 spiro atoms. The molecule has 0 aliphatic rings. The summed E-state index contributed by atoms with van der Waals surface area (Å²) in [5, 5.41) is 0. The molecule has 0 aromatic heterocycles. The Labute approximate surface area is 122 Å². The molecule has 106 valence electrons. The van der Waals surface area contributed by atoms with E-state index >= 15 is 0 Å². The van der Waals surface area contributed by atoms with E-state index in [2.05, 4.69) is 76.2 Å². The van der Waals surface area contributed by atoms with Crippen LogP contribution in [0.2, 0.25) is 0 Å². The van der Waals surface area contributed by atoms with Crippen LogP contribution in [0.15, 0.2) is 48.5 Å². The minimum Gasteiger partial charge on any atom is -0.320 e. The van der Waals surface area contributed by atoms with Gasteiger partial charge in [-0.05, 0) is 34.1 Å². The topological polar surface area (TPSA) is 26.0 Å². The number of nitrogens with two attached hydrogens (primary N) is 1. The smallest absolute Gasteiger partial charge is 0.0554 e. The molecule has 0 aliphatic carbocycles. The molecule has 2 aromatic carbocycles. The summed E-state index contributed by atoms with van der Waals surface area (Å²) in [6, 6.07) is 17.1. The van der Waals surface area contributed by atoms with Gasteiger partial charge in [0.1, 0.15) is 0 Å². The Morgan fingerprint density at radius 2 is 1.70 bits per heavy atom. The van der Waals surface area contributed by atoms with Crippen LogP contribution in [0.5, 0.6) is 0 Å². The van der Waals surface area contributed by atoms with Gasteiger partial charge in [-0.15, -0.1) is 0 Å². The Hall–Kier alpha value is -1.60. The van der Waals surface area contributed by atoms with Crippen LogP contribution in [-0.4, -0.2) is 0 Å². The van der Waals surface area contributed by atoms with E-state index in [4.69, 9.17) is 5.73 Å². The minimum absolute atomic E-state index is 0.0584. The highest BCUT2D eigenvalue weighted by Crippen LogP contribution is 2.31. The Morgan fingerprint density at radius 3 is 2.35 bits per heavy atom. The van der Waals surface area contributed by atoms with E-state index in [0.717, 1.165) is 6.42 Å². The summed E-state index contributed by atoms with van der Waals surface area (Å²) < 4.78 is 0. The molecule has 0 bridgehead atoms. The van der Waals surface area contributed by atoms with Crippen LogP contribution >= 0.6 is 0 Å². The number of benzene rings is 2. The summed E-state index contributed by atoms with van der Waals surface area (Å²) in [7, 11) is 0. The molecule has 20 heavy (non-hydrogen) atoms. The molecule has 1 heteroatoms. The molecule has 0 fully saturated rings. The van der Waals surface area contributed by atoms with E-state index in [-0.39, 0.29) is 11.5 Å². The average molecular weight is 267 g/mol. The lowest BCUT2D eigenvalue weighted by Gasteiger charge is -2.26. The SMILES string of the molecule is CCc1cccc(C(N)c2ccccc2C(C)(C)C)c1. The first kappa shape index (κ1) is 14.8. The summed E-state index contributed by atoms with van der Waals surface area (Å²) in [5.41, 5.74) is 11.7. The molecule has 0 heterocycles. The second kappa shape index (κ2) is 5.80. The van der Waals surface area contributed by atoms with Crippen molar-refractivity contribution in [1.29, 1.82) is 0 Å². The molecule has 0 aliphatic heterocycles. The van der Waals surface area contributed by atoms with Crippen molar-refractivity contribution in [2.45, 2.75) is 45.6 Å². The van der Waals surface area contributed by atoms with Crippen molar-refractivity contribution in [2.24, 2.45) is 5.73 Å². The van der Waals surface area contributed by atoms with Gasteiger partial charge >= 0.3 is 0 Å². The summed E-state index contributed by atoms with van der Waals surface area (Å²) in [6.45, 7) is 8.89. The fraction of sp³-hybridized carbons (Fsp3) is 0.368. The molecular formula is C19H25N. The third-order valence-corrected chi connectivity index (χ3v) is 3.82. The minimum atomic E-state index is -0.0584. The van der Waals surface area contributed by atoms with Crippen molar-refractivity contribution in [3.05, 3.63) is 70.8 Å². The third-order valence-electron chi connectivity index (χ3n) is 3.82. The van der Waals surface area contributed by atoms with Gasteiger partial charge in [-0.2, -0.15) is 0 Å². The number of aryl methyl sites for hydroxylation is 1. The van der Waals surface area contributed by atoms with Crippen molar-refractivity contribution in [3.8, 4) is 0 Å². The van der Waals surface area contributed by atoms with Crippen LogP contribution in [0, 0.1) is 0 Å². The maximum Gasteiger partial charge on any atom is 0.0554 e. The second-order valence-corrected chi connectivity index (χ2v) is 6.41. The Balaban J connectivity index is 2.45. The summed E-state index contributed by atoms with van der Waals surface area (Å²) >= 11 is 0. The van der Waals surface area contributed by atoms with E-state index in [9.17, 15) is 0 Å². The maximum absolute atomic E-state index is 6.54. The van der Waals surface area contributed by atoms with Gasteiger partial charge in [0.15, 0.2) is 0 Å². The predicted molar refractivity (Wildman–Crippen MR) is 87.0 cm³/mol. The third kappa shape index (κ3) is 3.10. The highest BCUT2D eigenvalue weighted by atomic mass is 14.6. The highest BCUT2D eigenvalue weighted by Gasteiger charge is 2.21. The van der Waals surface area contributed by atoms with Gasteiger partial charge in [0.05, 0.1) is 6.04 Å². The molecule has 2 aromatic rings. The quantitative estimate of drug-likeness (QED) is 0.864. The van der Waals surface area contributed by atoms with Crippen LogP contribution in [-0.2, 0) is 11.8 Å². The van der Waals surface area contributed by atoms with E-state index in [1.807, 2.05) is 0 Å². The van der Waals surface area contributed by atoms with E-state index < -0.39 is 0 Å². The first-order chi connectivity index (χ1) is 9.43. The average Bonchev–Trinajstić information content (AvgIpc) is 2.45. The van der Waals surface area contributed by atoms with Crippen LogP contribution in [0.4, 0.5) is 0 Å². The van der Waals surface area contributed by atoms with Crippen LogP contribution in [0.3, 0.4) is 0 Å². The van der Waals surface area contributed by atoms with Crippen molar-refractivity contribution in [2.75, 3.05) is 0 Å². The largest absolute Gasteiger partial charge is 0.320 e. The standard InChI is InChI=1S/C19H25N/c1-5-14-9-8-10-15(13-14)18(20)16-11-6-7-12-17(16)19(2,3)4/h6-13,18H,5,20H2,1-4H3. The molecule has 1 unspecified atom stereocenters. The fourth-order valence-corrected chi connectivity index (χ4v) is 2.64. The lowest BCUT2D eigenvalue weighted by atomic mass is 9.80. The molecule has 0 amide bonds. The van der Waals surface area contributed by atoms with Crippen LogP contribution < -0.4 is 5.73 Å². The first-order valence-electron chi connectivity index (χ1n) is 7.37. The molecule has 2 rings (SSSR count). The lowest BCUT2D eigenvalue weighted by Crippen LogP contribution is -2.20. The number of rotatable bonds is 3. The van der Waals surface area contributed by atoms with Gasteiger partial charge in [-0.1, -0.05) is 76.2 Å². The number of hydrogen-bond donors (Lipinski definition) is 1. The molecule has 0 radical (unpaired) electrons. The van der Waals surface area contributed by atoms with Crippen molar-refractivity contribution >= 4 is 0 Å². The molecule has 1 nitrogen and oxygen atoms in total. The zero-order valence-electron chi connectivity index (χ0n) is 13.0.